The number of nitrogens with zero attached hydrogens (tertiary/aromatic N) is 1. The quantitative estimate of drug-likeness (QED) is 0.808. The number of piperidine rings is 1. The van der Waals surface area contributed by atoms with E-state index in [-0.39, 0.29) is 0 Å². The first-order valence-electron chi connectivity index (χ1n) is 6.99. The molecule has 0 aromatic heterocycles. The lowest BCUT2D eigenvalue weighted by Crippen LogP contribution is -2.50. The molecule has 0 atom stereocenters. The molecule has 1 aromatic carbocycles. The van der Waals surface area contributed by atoms with Gasteiger partial charge in [0.2, 0.25) is 0 Å². The lowest BCUT2D eigenvalue weighted by atomic mass is 9.91. The smallest absolute Gasteiger partial charge is 0.119 e. The molecule has 4 nitrogen and oxygen atoms in total. The molecule has 0 unspecified atom stereocenters. The Kier molecular flexibility index (Phi) is 5.19. The minimum atomic E-state index is -0.522. The van der Waals surface area contributed by atoms with Crippen molar-refractivity contribution in [3.8, 4) is 5.75 Å². The first kappa shape index (κ1) is 14.3. The third-order valence-corrected chi connectivity index (χ3v) is 3.71. The molecule has 0 bridgehead atoms. The van der Waals surface area contributed by atoms with Gasteiger partial charge in [-0.3, -0.25) is 4.90 Å². The van der Waals surface area contributed by atoms with Crippen LogP contribution in [0.1, 0.15) is 12.8 Å². The minimum absolute atomic E-state index is 0.522. The summed E-state index contributed by atoms with van der Waals surface area (Å²) >= 11 is 0. The van der Waals surface area contributed by atoms with Gasteiger partial charge in [-0.05, 0) is 32.0 Å². The van der Waals surface area contributed by atoms with E-state index in [4.69, 9.17) is 4.74 Å². The number of hydrogen-bond donors (Lipinski definition) is 2. The molecule has 0 amide bonds. The highest BCUT2D eigenvalue weighted by Crippen LogP contribution is 2.21. The molecule has 1 aliphatic heterocycles. The van der Waals surface area contributed by atoms with Gasteiger partial charge in [-0.15, -0.1) is 0 Å². The van der Waals surface area contributed by atoms with Crippen molar-refractivity contribution in [2.24, 2.45) is 0 Å². The second-order valence-electron chi connectivity index (χ2n) is 5.26. The summed E-state index contributed by atoms with van der Waals surface area (Å²) in [6, 6.07) is 9.89. The number of benzene rings is 1. The number of aliphatic hydroxyl groups is 1. The van der Waals surface area contributed by atoms with Crippen LogP contribution in [0.3, 0.4) is 0 Å². The average Bonchev–Trinajstić information content (AvgIpc) is 2.43. The van der Waals surface area contributed by atoms with Crippen LogP contribution in [0.2, 0.25) is 0 Å². The molecule has 0 saturated carbocycles. The summed E-state index contributed by atoms with van der Waals surface area (Å²) in [5, 5.41) is 13.3. The van der Waals surface area contributed by atoms with Crippen LogP contribution in [0, 0.1) is 0 Å². The van der Waals surface area contributed by atoms with E-state index in [2.05, 4.69) is 10.2 Å². The number of para-hydroxylation sites is 1. The maximum Gasteiger partial charge on any atom is 0.119 e. The molecule has 2 N–H and O–H groups in total. The predicted molar refractivity (Wildman–Crippen MR) is 76.5 cm³/mol. The first-order valence-corrected chi connectivity index (χ1v) is 6.99. The molecule has 1 aliphatic rings. The summed E-state index contributed by atoms with van der Waals surface area (Å²) in [5.74, 6) is 0.922. The number of ether oxygens (including phenoxy) is 1. The summed E-state index contributed by atoms with van der Waals surface area (Å²) in [6.07, 6.45) is 1.67. The van der Waals surface area contributed by atoms with Gasteiger partial charge in [0.1, 0.15) is 12.4 Å². The number of hydrogen-bond acceptors (Lipinski definition) is 4. The Bertz CT molecular complexity index is 362. The number of likely N-dealkylation sites (N-methyl/N-ethyl adjacent to an activating group) is 1. The second kappa shape index (κ2) is 6.89. The van der Waals surface area contributed by atoms with Crippen molar-refractivity contribution < 1.29 is 9.84 Å². The highest BCUT2D eigenvalue weighted by Gasteiger charge is 2.31. The van der Waals surface area contributed by atoms with Gasteiger partial charge >= 0.3 is 0 Å². The van der Waals surface area contributed by atoms with E-state index in [1.54, 1.807) is 0 Å². The minimum Gasteiger partial charge on any atom is -0.492 e. The van der Waals surface area contributed by atoms with E-state index in [9.17, 15) is 5.11 Å². The van der Waals surface area contributed by atoms with Crippen LogP contribution in [0.15, 0.2) is 30.3 Å². The zero-order chi connectivity index (χ0) is 13.6. The molecular weight excluding hydrogens is 240 g/mol. The molecule has 1 saturated heterocycles. The summed E-state index contributed by atoms with van der Waals surface area (Å²) in [5.41, 5.74) is -0.522. The molecule has 1 fully saturated rings. The van der Waals surface area contributed by atoms with Crippen molar-refractivity contribution in [3.63, 3.8) is 0 Å². The molecule has 19 heavy (non-hydrogen) atoms. The normalized spacial score (nSPS) is 19.3. The average molecular weight is 264 g/mol. The number of nitrogens with one attached hydrogen (secondary N) is 1. The maximum absolute atomic E-state index is 10.3. The van der Waals surface area contributed by atoms with Gasteiger partial charge in [0, 0.05) is 26.2 Å². The van der Waals surface area contributed by atoms with E-state index in [1.807, 2.05) is 37.4 Å². The second-order valence-corrected chi connectivity index (χ2v) is 5.26. The van der Waals surface area contributed by atoms with Crippen molar-refractivity contribution in [2.75, 3.05) is 39.8 Å². The molecule has 1 heterocycles. The van der Waals surface area contributed by atoms with Crippen molar-refractivity contribution in [1.82, 2.24) is 10.2 Å². The van der Waals surface area contributed by atoms with Crippen molar-refractivity contribution in [2.45, 2.75) is 18.4 Å². The molecule has 0 aliphatic carbocycles. The largest absolute Gasteiger partial charge is 0.492 e. The summed E-state index contributed by atoms with van der Waals surface area (Å²) in [4.78, 5) is 2.35. The monoisotopic (exact) mass is 264 g/mol. The van der Waals surface area contributed by atoms with Crippen LogP contribution in [0.4, 0.5) is 0 Å². The predicted octanol–water partition coefficient (Wildman–Crippen LogP) is 1.11. The molecule has 106 valence electrons. The maximum atomic E-state index is 10.3. The van der Waals surface area contributed by atoms with Gasteiger partial charge in [-0.1, -0.05) is 18.2 Å². The van der Waals surface area contributed by atoms with Gasteiger partial charge < -0.3 is 15.2 Å². The topological polar surface area (TPSA) is 44.7 Å². The van der Waals surface area contributed by atoms with Crippen LogP contribution < -0.4 is 10.1 Å². The zero-order valence-electron chi connectivity index (χ0n) is 11.6. The molecule has 2 rings (SSSR count). The highest BCUT2D eigenvalue weighted by atomic mass is 16.5. The molecule has 4 heteroatoms. The van der Waals surface area contributed by atoms with Gasteiger partial charge in [-0.25, -0.2) is 0 Å². The van der Waals surface area contributed by atoms with Gasteiger partial charge in [0.15, 0.2) is 0 Å². The lowest BCUT2D eigenvalue weighted by Gasteiger charge is -2.38. The molecular formula is C15H24N2O2. The third kappa shape index (κ3) is 4.49. The standard InChI is InChI=1S/C15H24N2O2/c1-16-13-15(18)7-9-17(10-8-15)11-12-19-14-5-3-2-4-6-14/h2-6,16,18H,7-13H2,1H3. The number of likely N-dealkylation sites (tertiary alicyclic amines) is 1. The van der Waals surface area contributed by atoms with Crippen LogP contribution in [0.25, 0.3) is 0 Å². The Labute approximate surface area is 115 Å². The van der Waals surface area contributed by atoms with Crippen LogP contribution in [-0.4, -0.2) is 55.4 Å². The van der Waals surface area contributed by atoms with Crippen LogP contribution in [0.5, 0.6) is 5.75 Å². The Morgan fingerprint density at radius 3 is 2.58 bits per heavy atom. The summed E-state index contributed by atoms with van der Waals surface area (Å²) in [7, 11) is 1.89. The van der Waals surface area contributed by atoms with Crippen LogP contribution >= 0.6 is 0 Å². The van der Waals surface area contributed by atoms with Gasteiger partial charge in [0.25, 0.3) is 0 Å². The summed E-state index contributed by atoms with van der Waals surface area (Å²) < 4.78 is 5.69. The summed E-state index contributed by atoms with van der Waals surface area (Å²) in [6.45, 7) is 4.19. The van der Waals surface area contributed by atoms with Gasteiger partial charge in [0.05, 0.1) is 5.60 Å². The van der Waals surface area contributed by atoms with E-state index in [1.165, 1.54) is 0 Å². The highest BCUT2D eigenvalue weighted by molar-refractivity contribution is 5.20. The Balaban J connectivity index is 1.66. The lowest BCUT2D eigenvalue weighted by molar-refractivity contribution is -0.0205. The van der Waals surface area contributed by atoms with E-state index in [0.717, 1.165) is 38.2 Å². The van der Waals surface area contributed by atoms with Gasteiger partial charge in [-0.2, -0.15) is 0 Å². The molecule has 0 radical (unpaired) electrons. The zero-order valence-corrected chi connectivity index (χ0v) is 11.6. The Hall–Kier alpha value is -1.10. The SMILES string of the molecule is CNCC1(O)CCN(CCOc2ccccc2)CC1. The van der Waals surface area contributed by atoms with Crippen molar-refractivity contribution in [1.29, 1.82) is 0 Å². The fraction of sp³-hybridized carbons (Fsp3) is 0.600. The molecule has 1 aromatic rings. The van der Waals surface area contributed by atoms with Crippen LogP contribution in [-0.2, 0) is 0 Å². The van der Waals surface area contributed by atoms with E-state index in [0.29, 0.717) is 13.2 Å². The first-order chi connectivity index (χ1) is 9.22. The Morgan fingerprint density at radius 2 is 1.95 bits per heavy atom. The Morgan fingerprint density at radius 1 is 1.26 bits per heavy atom. The third-order valence-electron chi connectivity index (χ3n) is 3.71. The number of rotatable bonds is 6. The molecule has 0 spiro atoms. The van der Waals surface area contributed by atoms with E-state index < -0.39 is 5.60 Å². The van der Waals surface area contributed by atoms with Crippen molar-refractivity contribution in [3.05, 3.63) is 30.3 Å². The fourth-order valence-corrected chi connectivity index (χ4v) is 2.51. The fourth-order valence-electron chi connectivity index (χ4n) is 2.51. The van der Waals surface area contributed by atoms with E-state index >= 15 is 0 Å². The van der Waals surface area contributed by atoms with Crippen molar-refractivity contribution >= 4 is 0 Å².